The molecule has 220 valence electrons. The molecule has 0 aliphatic heterocycles. The Morgan fingerprint density at radius 2 is 1.30 bits per heavy atom. The maximum Gasteiger partial charge on any atom is 0.421 e. The summed E-state index contributed by atoms with van der Waals surface area (Å²) in [5.74, 6) is -0.362. The van der Waals surface area contributed by atoms with Crippen molar-refractivity contribution in [1.82, 2.24) is 0 Å². The summed E-state index contributed by atoms with van der Waals surface area (Å²) < 4.78 is 119. The predicted molar refractivity (Wildman–Crippen MR) is 138 cm³/mol. The van der Waals surface area contributed by atoms with E-state index in [4.69, 9.17) is 8.37 Å². The Hall–Kier alpha value is -2.74. The van der Waals surface area contributed by atoms with Crippen LogP contribution in [0.25, 0.3) is 0 Å². The van der Waals surface area contributed by atoms with Crippen LogP contribution in [0.2, 0.25) is 0 Å². The van der Waals surface area contributed by atoms with Gasteiger partial charge in [0.1, 0.15) is 11.6 Å². The van der Waals surface area contributed by atoms with Gasteiger partial charge in [0.25, 0.3) is 0 Å². The molecule has 0 heterocycles. The molecule has 2 atom stereocenters. The van der Waals surface area contributed by atoms with Crippen molar-refractivity contribution < 1.29 is 48.2 Å². The Balaban J connectivity index is 2.18. The van der Waals surface area contributed by atoms with Gasteiger partial charge in [0, 0.05) is 14.7 Å². The number of alkyl halides is 5. The third-order valence-corrected chi connectivity index (χ3v) is 11.0. The maximum atomic E-state index is 14.8. The lowest BCUT2D eigenvalue weighted by Crippen LogP contribution is -2.50. The molecule has 5 nitrogen and oxygen atoms in total. The minimum absolute atomic E-state index is 0.00971. The van der Waals surface area contributed by atoms with Crippen molar-refractivity contribution in [2.24, 2.45) is 0 Å². The highest BCUT2D eigenvalue weighted by Gasteiger charge is 2.65. The molecule has 0 saturated carbocycles. The number of unbranched alkanes of at least 4 members (excludes halogenated alkanes) is 3. The minimum atomic E-state index is -6.48. The van der Waals surface area contributed by atoms with Crippen LogP contribution in [0, 0.1) is 5.82 Å². The van der Waals surface area contributed by atoms with E-state index in [-0.39, 0.29) is 14.7 Å². The molecular weight excluding hydrogens is 582 g/mol. The summed E-state index contributed by atoms with van der Waals surface area (Å²) in [6.07, 6.45) is -6.75. The molecular formula is C27H28F6O5S2. The highest BCUT2D eigenvalue weighted by atomic mass is 32.3. The lowest BCUT2D eigenvalue weighted by molar-refractivity contribution is -0.248. The van der Waals surface area contributed by atoms with Crippen LogP contribution in [0.3, 0.4) is 0 Å². The average Bonchev–Trinajstić information content (AvgIpc) is 2.92. The van der Waals surface area contributed by atoms with Crippen LogP contribution in [0.15, 0.2) is 93.5 Å². The molecule has 0 aliphatic carbocycles. The van der Waals surface area contributed by atoms with Gasteiger partial charge in [-0.25, -0.2) is 8.02 Å². The number of halogens is 6. The fourth-order valence-electron chi connectivity index (χ4n) is 3.72. The smallest absolute Gasteiger partial charge is 0.421 e. The van der Waals surface area contributed by atoms with Crippen LogP contribution in [0.4, 0.5) is 26.3 Å². The summed E-state index contributed by atoms with van der Waals surface area (Å²) in [7, 11) is -10.3. The second kappa shape index (κ2) is 12.8. The fraction of sp³-hybridized carbons (Fsp3) is 0.333. The van der Waals surface area contributed by atoms with Crippen molar-refractivity contribution in [2.45, 2.75) is 64.8 Å². The second-order valence-electron chi connectivity index (χ2n) is 8.73. The van der Waals surface area contributed by atoms with E-state index < -0.39 is 43.8 Å². The summed E-state index contributed by atoms with van der Waals surface area (Å²) in [6, 6.07) is 16.8. The van der Waals surface area contributed by atoms with Gasteiger partial charge in [-0.05, 0) is 77.4 Å². The number of aliphatic hydroxyl groups is 1. The van der Waals surface area contributed by atoms with E-state index in [1.54, 1.807) is 6.07 Å². The number of rotatable bonds is 13. The topological polar surface area (TPSA) is 72.8 Å². The van der Waals surface area contributed by atoms with E-state index in [2.05, 4.69) is 6.92 Å². The molecule has 3 aromatic rings. The minimum Gasteiger partial charge on any atom is -0.494 e. The second-order valence-corrected chi connectivity index (χ2v) is 13.3. The van der Waals surface area contributed by atoms with Gasteiger partial charge in [0.15, 0.2) is 0 Å². The van der Waals surface area contributed by atoms with E-state index in [1.807, 2.05) is 0 Å². The molecule has 3 aromatic carbocycles. The molecule has 13 heteroatoms. The van der Waals surface area contributed by atoms with Gasteiger partial charge in [-0.3, -0.25) is 0 Å². The lowest BCUT2D eigenvalue weighted by Gasteiger charge is -2.40. The normalized spacial score (nSPS) is 15.7. The van der Waals surface area contributed by atoms with Crippen LogP contribution >= 0.6 is 10.3 Å². The molecule has 1 N–H and O–H groups in total. The first-order chi connectivity index (χ1) is 18.8. The highest BCUT2D eigenvalue weighted by molar-refractivity contribution is 8.33. The van der Waals surface area contributed by atoms with Crippen molar-refractivity contribution in [3.05, 3.63) is 84.7 Å². The molecule has 40 heavy (non-hydrogen) atoms. The summed E-state index contributed by atoms with van der Waals surface area (Å²) in [5.41, 5.74) is 0. The van der Waals surface area contributed by atoms with E-state index >= 15 is 0 Å². The van der Waals surface area contributed by atoms with Crippen molar-refractivity contribution >= 4 is 20.4 Å². The van der Waals surface area contributed by atoms with Crippen LogP contribution in [0.5, 0.6) is 5.75 Å². The van der Waals surface area contributed by atoms with Crippen LogP contribution in [-0.2, 0) is 13.7 Å². The molecule has 0 amide bonds. The summed E-state index contributed by atoms with van der Waals surface area (Å²) in [4.78, 5) is -0.102. The average molecular weight is 611 g/mol. The molecule has 3 rings (SSSR count). The largest absolute Gasteiger partial charge is 0.494 e. The standard InChI is InChI=1S/C27H28F6O5S2/c1-2-3-4-8-19-37-21-13-17-24(18-14-21)39(22-9-6-5-7-10-22,23-15-11-20(28)12-16-23)38-40(35,36)27(32,33)25(34)26(29,30)31/h5-7,9-18,25,34H,2-4,8,19H2,1H3. The first kappa shape index (κ1) is 31.8. The monoisotopic (exact) mass is 610 g/mol. The Labute approximate surface area is 230 Å². The molecule has 0 spiro atoms. The zero-order chi connectivity index (χ0) is 29.6. The van der Waals surface area contributed by atoms with Gasteiger partial charge in [-0.2, -0.15) is 30.4 Å². The fourth-order valence-corrected chi connectivity index (χ4v) is 8.90. The SMILES string of the molecule is CCCCCCOc1ccc(S(OS(=O)(=O)C(F)(F)C(O)C(F)(F)F)(c2ccccc2)c2ccc(F)cc2)cc1. The van der Waals surface area contributed by atoms with Crippen LogP contribution < -0.4 is 4.74 Å². The summed E-state index contributed by atoms with van der Waals surface area (Å²) in [6.45, 7) is 2.45. The molecule has 0 bridgehead atoms. The molecule has 0 aromatic heterocycles. The molecule has 0 radical (unpaired) electrons. The highest BCUT2D eigenvalue weighted by Crippen LogP contribution is 2.70. The Bertz CT molecular complexity index is 1330. The Morgan fingerprint density at radius 1 is 0.775 bits per heavy atom. The maximum absolute atomic E-state index is 14.8. The van der Waals surface area contributed by atoms with Crippen molar-refractivity contribution in [1.29, 1.82) is 0 Å². The van der Waals surface area contributed by atoms with Crippen LogP contribution in [0.1, 0.15) is 32.6 Å². The predicted octanol–water partition coefficient (Wildman–Crippen LogP) is 7.84. The third kappa shape index (κ3) is 6.93. The third-order valence-electron chi connectivity index (χ3n) is 5.80. The Kier molecular flexibility index (Phi) is 10.2. The zero-order valence-electron chi connectivity index (χ0n) is 21.3. The van der Waals surface area contributed by atoms with E-state index in [0.29, 0.717) is 12.4 Å². The number of ether oxygens (including phenoxy) is 1. The summed E-state index contributed by atoms with van der Waals surface area (Å²) >= 11 is 0. The van der Waals surface area contributed by atoms with Crippen molar-refractivity contribution in [2.75, 3.05) is 6.61 Å². The lowest BCUT2D eigenvalue weighted by atomic mass is 10.2. The van der Waals surface area contributed by atoms with Crippen molar-refractivity contribution in [3.8, 4) is 5.75 Å². The number of aliphatic hydroxyl groups excluding tert-OH is 1. The van der Waals surface area contributed by atoms with Crippen molar-refractivity contribution in [3.63, 3.8) is 0 Å². The van der Waals surface area contributed by atoms with E-state index in [0.717, 1.165) is 49.9 Å². The van der Waals surface area contributed by atoms with Gasteiger partial charge < -0.3 is 9.84 Å². The van der Waals surface area contributed by atoms with Gasteiger partial charge >= 0.3 is 21.5 Å². The number of hydrogen-bond acceptors (Lipinski definition) is 5. The summed E-state index contributed by atoms with van der Waals surface area (Å²) in [5, 5.41) is 3.50. The number of benzene rings is 3. The van der Waals surface area contributed by atoms with E-state index in [1.165, 1.54) is 48.5 Å². The first-order valence-electron chi connectivity index (χ1n) is 12.2. The molecule has 0 aliphatic rings. The van der Waals surface area contributed by atoms with E-state index in [9.17, 15) is 39.9 Å². The quantitative estimate of drug-likeness (QED) is 0.158. The zero-order valence-corrected chi connectivity index (χ0v) is 22.9. The molecule has 0 saturated heterocycles. The molecule has 2 unspecified atom stereocenters. The van der Waals surface area contributed by atoms with Gasteiger partial charge in [0.2, 0.25) is 6.10 Å². The van der Waals surface area contributed by atoms with Gasteiger partial charge in [-0.1, -0.05) is 44.4 Å². The van der Waals surface area contributed by atoms with Gasteiger partial charge in [-0.15, -0.1) is 0 Å². The molecule has 0 fully saturated rings. The van der Waals surface area contributed by atoms with Crippen LogP contribution in [-0.4, -0.2) is 37.7 Å². The number of hydrogen-bond donors (Lipinski definition) is 1. The van der Waals surface area contributed by atoms with Gasteiger partial charge in [0.05, 0.1) is 6.61 Å². The Morgan fingerprint density at radius 3 is 1.82 bits per heavy atom. The first-order valence-corrected chi connectivity index (χ1v) is 15.2.